The number of allylic oxidation sites excluding steroid dienone is 1. The smallest absolute Gasteiger partial charge is 0.294 e. The second kappa shape index (κ2) is 6.98. The molecule has 0 fully saturated rings. The van der Waals surface area contributed by atoms with Crippen molar-refractivity contribution in [3.05, 3.63) is 71.9 Å². The van der Waals surface area contributed by atoms with Crippen LogP contribution in [0.25, 0.3) is 0 Å². The lowest BCUT2D eigenvalue weighted by molar-refractivity contribution is -0.110. The third-order valence-corrected chi connectivity index (χ3v) is 4.55. The van der Waals surface area contributed by atoms with E-state index in [9.17, 15) is 13.2 Å². The lowest BCUT2D eigenvalue weighted by Gasteiger charge is -2.25. The Morgan fingerprint density at radius 1 is 1.08 bits per heavy atom. The molecule has 0 aromatic heterocycles. The second-order valence-electron chi connectivity index (χ2n) is 5.65. The minimum Gasteiger partial charge on any atom is -0.302 e. The van der Waals surface area contributed by atoms with E-state index in [-0.39, 0.29) is 4.90 Å². The van der Waals surface area contributed by atoms with Crippen LogP contribution in [0.4, 0.5) is 5.69 Å². The highest BCUT2D eigenvalue weighted by molar-refractivity contribution is 7.85. The van der Waals surface area contributed by atoms with Crippen LogP contribution in [0.5, 0.6) is 0 Å². The number of rotatable bonds is 2. The molecule has 0 saturated heterocycles. The summed E-state index contributed by atoms with van der Waals surface area (Å²) in [6.45, 7) is 3.73. The molecule has 125 valence electrons. The van der Waals surface area contributed by atoms with Crippen LogP contribution in [0, 0.1) is 6.92 Å². The standard InChI is InChI=1S/C11H10NO.C7H8O3S/c1-11(8-13)6-7-12-10-5-3-2-4-9(10)11;1-6-2-4-7(5-3-6)11(8,9)10/h2-8H,1H3;2-5H,1H3,(H,8,9,10). The number of fused-ring (bicyclic) bond motifs is 1. The maximum absolute atomic E-state index is 11.0. The fourth-order valence-electron chi connectivity index (χ4n) is 2.22. The molecular weight excluding hydrogens is 326 g/mol. The summed E-state index contributed by atoms with van der Waals surface area (Å²) in [5, 5.41) is 4.20. The summed E-state index contributed by atoms with van der Waals surface area (Å²) in [5.41, 5.74) is 2.32. The van der Waals surface area contributed by atoms with Crippen molar-refractivity contribution in [2.75, 3.05) is 0 Å². The van der Waals surface area contributed by atoms with E-state index in [1.807, 2.05) is 44.2 Å². The Balaban J connectivity index is 0.000000177. The molecule has 0 aliphatic carbocycles. The number of aldehydes is 1. The van der Waals surface area contributed by atoms with E-state index in [0.717, 1.165) is 23.1 Å². The van der Waals surface area contributed by atoms with Gasteiger partial charge in [-0.1, -0.05) is 35.9 Å². The maximum atomic E-state index is 11.0. The van der Waals surface area contributed by atoms with Crippen molar-refractivity contribution in [3.8, 4) is 0 Å². The van der Waals surface area contributed by atoms with Crippen molar-refractivity contribution in [1.29, 1.82) is 0 Å². The van der Waals surface area contributed by atoms with Gasteiger partial charge in [0.25, 0.3) is 10.1 Å². The van der Waals surface area contributed by atoms with E-state index in [0.29, 0.717) is 0 Å². The molecular formula is C18H18NO4S. The molecule has 1 atom stereocenters. The summed E-state index contributed by atoms with van der Waals surface area (Å²) in [6, 6.07) is 13.7. The summed E-state index contributed by atoms with van der Waals surface area (Å²) in [6.07, 6.45) is 4.47. The zero-order valence-electron chi connectivity index (χ0n) is 13.4. The predicted octanol–water partition coefficient (Wildman–Crippen LogP) is 3.15. The molecule has 3 rings (SSSR count). The summed E-state index contributed by atoms with van der Waals surface area (Å²) >= 11 is 0. The molecule has 5 nitrogen and oxygen atoms in total. The molecule has 0 saturated carbocycles. The first-order valence-corrected chi connectivity index (χ1v) is 8.69. The third-order valence-electron chi connectivity index (χ3n) is 3.68. The molecule has 1 radical (unpaired) electrons. The van der Waals surface area contributed by atoms with Gasteiger partial charge in [0.15, 0.2) is 0 Å². The minimum absolute atomic E-state index is 0.0666. The first-order valence-electron chi connectivity index (χ1n) is 7.25. The lowest BCUT2D eigenvalue weighted by Crippen LogP contribution is -2.24. The Bertz CT molecular complexity index is 857. The zero-order chi connectivity index (χ0) is 17.8. The number of carbonyl (C=O) groups excluding carboxylic acids is 1. The highest BCUT2D eigenvalue weighted by Crippen LogP contribution is 2.32. The van der Waals surface area contributed by atoms with Crippen LogP contribution in [-0.2, 0) is 20.3 Å². The Hall–Kier alpha value is -2.44. The van der Waals surface area contributed by atoms with E-state index < -0.39 is 15.5 Å². The molecule has 1 unspecified atom stereocenters. The molecule has 0 amide bonds. The van der Waals surface area contributed by atoms with E-state index in [2.05, 4.69) is 5.32 Å². The summed E-state index contributed by atoms with van der Waals surface area (Å²) in [4.78, 5) is 10.9. The van der Waals surface area contributed by atoms with Crippen LogP contribution in [0.3, 0.4) is 0 Å². The Morgan fingerprint density at radius 2 is 1.71 bits per heavy atom. The van der Waals surface area contributed by atoms with Gasteiger partial charge < -0.3 is 4.79 Å². The molecule has 0 spiro atoms. The highest BCUT2D eigenvalue weighted by Gasteiger charge is 2.28. The van der Waals surface area contributed by atoms with Crippen molar-refractivity contribution in [2.24, 2.45) is 0 Å². The number of hydrogen-bond acceptors (Lipinski definition) is 3. The normalized spacial score (nSPS) is 18.6. The molecule has 2 aromatic rings. The van der Waals surface area contributed by atoms with Crippen LogP contribution >= 0.6 is 0 Å². The first-order chi connectivity index (χ1) is 11.3. The van der Waals surface area contributed by atoms with Crippen molar-refractivity contribution >= 4 is 22.1 Å². The Kier molecular flexibility index (Phi) is 5.21. The Morgan fingerprint density at radius 3 is 2.29 bits per heavy atom. The van der Waals surface area contributed by atoms with E-state index in [4.69, 9.17) is 4.55 Å². The molecule has 0 bridgehead atoms. The average Bonchev–Trinajstić information content (AvgIpc) is 2.55. The first kappa shape index (κ1) is 17.9. The topological polar surface area (TPSA) is 85.5 Å². The van der Waals surface area contributed by atoms with E-state index in [1.54, 1.807) is 18.3 Å². The number of para-hydroxylation sites is 1. The Labute approximate surface area is 141 Å². The number of hydrogen-bond donors (Lipinski definition) is 1. The van der Waals surface area contributed by atoms with Gasteiger partial charge in [-0.2, -0.15) is 8.42 Å². The van der Waals surface area contributed by atoms with E-state index in [1.165, 1.54) is 12.1 Å². The molecule has 1 aliphatic heterocycles. The summed E-state index contributed by atoms with van der Waals surface area (Å²) in [7, 11) is -4.02. The SMILES string of the molecule is CC1(C=O)C=C[N]c2ccccc21.Cc1ccc(S(=O)(=O)O)cc1. The predicted molar refractivity (Wildman–Crippen MR) is 91.8 cm³/mol. The maximum Gasteiger partial charge on any atom is 0.294 e. The summed E-state index contributed by atoms with van der Waals surface area (Å²) < 4.78 is 29.6. The van der Waals surface area contributed by atoms with Crippen LogP contribution in [0.1, 0.15) is 18.1 Å². The summed E-state index contributed by atoms with van der Waals surface area (Å²) in [5.74, 6) is 0. The van der Waals surface area contributed by atoms with Crippen LogP contribution in [0.15, 0.2) is 65.7 Å². The average molecular weight is 344 g/mol. The highest BCUT2D eigenvalue weighted by atomic mass is 32.2. The molecule has 2 aromatic carbocycles. The molecule has 1 aliphatic rings. The largest absolute Gasteiger partial charge is 0.302 e. The van der Waals surface area contributed by atoms with Gasteiger partial charge in [-0.25, -0.2) is 0 Å². The third kappa shape index (κ3) is 4.10. The van der Waals surface area contributed by atoms with Crippen molar-refractivity contribution in [2.45, 2.75) is 24.2 Å². The molecule has 6 heteroatoms. The van der Waals surface area contributed by atoms with Crippen molar-refractivity contribution in [1.82, 2.24) is 5.32 Å². The van der Waals surface area contributed by atoms with Gasteiger partial charge in [-0.05, 0) is 43.7 Å². The fraction of sp³-hybridized carbons (Fsp3) is 0.167. The van der Waals surface area contributed by atoms with Crippen LogP contribution in [-0.4, -0.2) is 19.3 Å². The van der Waals surface area contributed by atoms with Gasteiger partial charge in [0.05, 0.1) is 16.0 Å². The second-order valence-corrected chi connectivity index (χ2v) is 7.07. The number of nitrogens with zero attached hydrogens (tertiary/aromatic N) is 1. The van der Waals surface area contributed by atoms with Gasteiger partial charge in [0, 0.05) is 6.20 Å². The minimum atomic E-state index is -4.02. The quantitative estimate of drug-likeness (QED) is 0.670. The lowest BCUT2D eigenvalue weighted by atomic mass is 9.81. The van der Waals surface area contributed by atoms with Gasteiger partial charge in [-0.15, -0.1) is 0 Å². The van der Waals surface area contributed by atoms with E-state index >= 15 is 0 Å². The van der Waals surface area contributed by atoms with Crippen molar-refractivity contribution < 1.29 is 17.8 Å². The number of carbonyl (C=O) groups is 1. The van der Waals surface area contributed by atoms with Gasteiger partial charge in [0.1, 0.15) is 6.29 Å². The molecule has 1 N–H and O–H groups in total. The van der Waals surface area contributed by atoms with Gasteiger partial charge in [0.2, 0.25) is 0 Å². The van der Waals surface area contributed by atoms with Gasteiger partial charge in [-0.3, -0.25) is 9.87 Å². The van der Waals surface area contributed by atoms with Crippen LogP contribution in [0.2, 0.25) is 0 Å². The van der Waals surface area contributed by atoms with Crippen molar-refractivity contribution in [3.63, 3.8) is 0 Å². The fourth-order valence-corrected chi connectivity index (χ4v) is 2.70. The monoisotopic (exact) mass is 344 g/mol. The molecule has 1 heterocycles. The van der Waals surface area contributed by atoms with Crippen LogP contribution < -0.4 is 5.32 Å². The number of benzene rings is 2. The molecule has 24 heavy (non-hydrogen) atoms. The van der Waals surface area contributed by atoms with Gasteiger partial charge >= 0.3 is 0 Å². The number of aryl methyl sites for hydroxylation is 1. The zero-order valence-corrected chi connectivity index (χ0v) is 14.2.